The summed E-state index contributed by atoms with van der Waals surface area (Å²) in [7, 11) is 0. The van der Waals surface area contributed by atoms with E-state index in [1.165, 1.54) is 18.9 Å². The van der Waals surface area contributed by atoms with Crippen molar-refractivity contribution in [3.05, 3.63) is 35.8 Å². The molecule has 1 heterocycles. The SMILES string of the molecule is CC1(c2noc(N)c2-c2ccccc2F)CCCC1. The van der Waals surface area contributed by atoms with Crippen molar-refractivity contribution in [1.82, 2.24) is 5.16 Å². The summed E-state index contributed by atoms with van der Waals surface area (Å²) in [6, 6.07) is 6.62. The van der Waals surface area contributed by atoms with Crippen LogP contribution in [0.5, 0.6) is 0 Å². The molecule has 1 aliphatic rings. The van der Waals surface area contributed by atoms with Gasteiger partial charge in [0.2, 0.25) is 5.88 Å². The van der Waals surface area contributed by atoms with Gasteiger partial charge in [-0.2, -0.15) is 0 Å². The van der Waals surface area contributed by atoms with Crippen LogP contribution in [0, 0.1) is 5.82 Å². The van der Waals surface area contributed by atoms with Crippen molar-refractivity contribution < 1.29 is 8.91 Å². The first-order chi connectivity index (χ1) is 9.12. The van der Waals surface area contributed by atoms with E-state index in [2.05, 4.69) is 12.1 Å². The third kappa shape index (κ3) is 1.91. The molecule has 19 heavy (non-hydrogen) atoms. The van der Waals surface area contributed by atoms with Gasteiger partial charge in [0.05, 0.1) is 11.3 Å². The van der Waals surface area contributed by atoms with Gasteiger partial charge in [-0.1, -0.05) is 43.1 Å². The lowest BCUT2D eigenvalue weighted by molar-refractivity contribution is 0.386. The first-order valence-electron chi connectivity index (χ1n) is 6.62. The van der Waals surface area contributed by atoms with Gasteiger partial charge >= 0.3 is 0 Å². The minimum absolute atomic E-state index is 0.0568. The predicted molar refractivity (Wildman–Crippen MR) is 72.1 cm³/mol. The van der Waals surface area contributed by atoms with Gasteiger partial charge in [-0.15, -0.1) is 0 Å². The molecule has 2 N–H and O–H groups in total. The molecule has 1 aromatic carbocycles. The van der Waals surface area contributed by atoms with Crippen LogP contribution in [0.2, 0.25) is 0 Å². The molecule has 0 aliphatic heterocycles. The molecule has 0 saturated heterocycles. The topological polar surface area (TPSA) is 52.0 Å². The first kappa shape index (κ1) is 12.2. The quantitative estimate of drug-likeness (QED) is 0.891. The molecule has 1 aromatic heterocycles. The zero-order valence-corrected chi connectivity index (χ0v) is 10.9. The van der Waals surface area contributed by atoms with Crippen LogP contribution in [-0.2, 0) is 5.41 Å². The molecule has 0 bridgehead atoms. The molecule has 0 spiro atoms. The summed E-state index contributed by atoms with van der Waals surface area (Å²) in [4.78, 5) is 0. The summed E-state index contributed by atoms with van der Waals surface area (Å²) in [5.74, 6) is -0.0894. The van der Waals surface area contributed by atoms with Gasteiger partial charge in [-0.25, -0.2) is 4.39 Å². The number of hydrogen-bond acceptors (Lipinski definition) is 3. The maximum absolute atomic E-state index is 14.0. The van der Waals surface area contributed by atoms with E-state index in [4.69, 9.17) is 10.3 Å². The second kappa shape index (κ2) is 4.37. The number of nitrogens with two attached hydrogens (primary N) is 1. The fourth-order valence-corrected chi connectivity index (χ4v) is 3.03. The van der Waals surface area contributed by atoms with Gasteiger partial charge in [-0.3, -0.25) is 0 Å². The van der Waals surface area contributed by atoms with Crippen LogP contribution in [0.1, 0.15) is 38.3 Å². The van der Waals surface area contributed by atoms with E-state index in [1.807, 2.05) is 0 Å². The zero-order chi connectivity index (χ0) is 13.5. The molecule has 3 nitrogen and oxygen atoms in total. The van der Waals surface area contributed by atoms with Crippen molar-refractivity contribution in [3.8, 4) is 11.1 Å². The molecule has 3 rings (SSSR count). The van der Waals surface area contributed by atoms with Crippen molar-refractivity contribution in [2.75, 3.05) is 5.73 Å². The van der Waals surface area contributed by atoms with Crippen molar-refractivity contribution in [3.63, 3.8) is 0 Å². The van der Waals surface area contributed by atoms with Crippen LogP contribution >= 0.6 is 0 Å². The molecule has 100 valence electrons. The van der Waals surface area contributed by atoms with Crippen LogP contribution in [0.3, 0.4) is 0 Å². The number of aromatic nitrogens is 1. The molecule has 1 aliphatic carbocycles. The highest BCUT2D eigenvalue weighted by Crippen LogP contribution is 2.46. The lowest BCUT2D eigenvalue weighted by Crippen LogP contribution is -2.18. The summed E-state index contributed by atoms with van der Waals surface area (Å²) in [5.41, 5.74) is 7.72. The van der Waals surface area contributed by atoms with E-state index < -0.39 is 0 Å². The van der Waals surface area contributed by atoms with E-state index in [0.29, 0.717) is 11.1 Å². The number of nitrogen functional groups attached to an aromatic ring is 1. The van der Waals surface area contributed by atoms with Crippen molar-refractivity contribution in [1.29, 1.82) is 0 Å². The van der Waals surface area contributed by atoms with E-state index in [-0.39, 0.29) is 17.1 Å². The summed E-state index contributed by atoms with van der Waals surface area (Å²) in [6.07, 6.45) is 4.42. The zero-order valence-electron chi connectivity index (χ0n) is 10.9. The fourth-order valence-electron chi connectivity index (χ4n) is 3.03. The Balaban J connectivity index is 2.17. The number of hydrogen-bond donors (Lipinski definition) is 1. The Bertz CT molecular complexity index is 600. The molecule has 1 saturated carbocycles. The monoisotopic (exact) mass is 260 g/mol. The van der Waals surface area contributed by atoms with Gasteiger partial charge in [0, 0.05) is 11.0 Å². The third-order valence-corrected chi connectivity index (χ3v) is 4.14. The third-order valence-electron chi connectivity index (χ3n) is 4.14. The maximum atomic E-state index is 14.0. The van der Waals surface area contributed by atoms with Crippen molar-refractivity contribution in [2.24, 2.45) is 0 Å². The summed E-state index contributed by atoms with van der Waals surface area (Å²) in [6.45, 7) is 2.15. The minimum atomic E-state index is -0.291. The molecule has 0 atom stereocenters. The minimum Gasteiger partial charge on any atom is -0.367 e. The Morgan fingerprint density at radius 3 is 2.63 bits per heavy atom. The van der Waals surface area contributed by atoms with Crippen molar-refractivity contribution in [2.45, 2.75) is 38.0 Å². The second-order valence-corrected chi connectivity index (χ2v) is 5.52. The highest BCUT2D eigenvalue weighted by molar-refractivity contribution is 5.76. The van der Waals surface area contributed by atoms with Gasteiger partial charge in [-0.05, 0) is 18.9 Å². The predicted octanol–water partition coefficient (Wildman–Crippen LogP) is 3.89. The number of benzene rings is 1. The van der Waals surface area contributed by atoms with Crippen molar-refractivity contribution >= 4 is 5.88 Å². The highest BCUT2D eigenvalue weighted by atomic mass is 19.1. The maximum Gasteiger partial charge on any atom is 0.230 e. The second-order valence-electron chi connectivity index (χ2n) is 5.52. The molecule has 0 amide bonds. The average Bonchev–Trinajstić information content (AvgIpc) is 2.98. The van der Waals surface area contributed by atoms with Gasteiger partial charge in [0.1, 0.15) is 5.82 Å². The van der Waals surface area contributed by atoms with Gasteiger partial charge in [0.25, 0.3) is 0 Å². The molecular formula is C15H17FN2O. The van der Waals surface area contributed by atoms with Crippen LogP contribution in [0.25, 0.3) is 11.1 Å². The Labute approximate surface area is 111 Å². The van der Waals surface area contributed by atoms with Crippen LogP contribution < -0.4 is 5.73 Å². The normalized spacial score (nSPS) is 17.8. The molecule has 1 fully saturated rings. The smallest absolute Gasteiger partial charge is 0.230 e. The average molecular weight is 260 g/mol. The lowest BCUT2D eigenvalue weighted by atomic mass is 9.81. The fraction of sp³-hybridized carbons (Fsp3) is 0.400. The van der Waals surface area contributed by atoms with Crippen LogP contribution in [-0.4, -0.2) is 5.16 Å². The number of rotatable bonds is 2. The van der Waals surface area contributed by atoms with E-state index >= 15 is 0 Å². The van der Waals surface area contributed by atoms with Gasteiger partial charge in [0.15, 0.2) is 0 Å². The number of nitrogens with zero attached hydrogens (tertiary/aromatic N) is 1. The molecule has 0 radical (unpaired) electrons. The first-order valence-corrected chi connectivity index (χ1v) is 6.62. The van der Waals surface area contributed by atoms with E-state index in [9.17, 15) is 4.39 Å². The van der Waals surface area contributed by atoms with E-state index in [0.717, 1.165) is 18.5 Å². The Morgan fingerprint density at radius 1 is 1.26 bits per heavy atom. The molecular weight excluding hydrogens is 243 g/mol. The van der Waals surface area contributed by atoms with Crippen LogP contribution in [0.4, 0.5) is 10.3 Å². The number of halogens is 1. The Hall–Kier alpha value is -1.84. The lowest BCUT2D eigenvalue weighted by Gasteiger charge is -2.21. The Morgan fingerprint density at radius 2 is 1.95 bits per heavy atom. The standard InChI is InChI=1S/C15H17FN2O/c1-15(8-4-5-9-15)13-12(14(17)19-18-13)10-6-2-3-7-11(10)16/h2-3,6-7H,4-5,8-9,17H2,1H3. The number of anilines is 1. The molecule has 0 unspecified atom stereocenters. The highest BCUT2D eigenvalue weighted by Gasteiger charge is 2.37. The Kier molecular flexibility index (Phi) is 2.81. The van der Waals surface area contributed by atoms with Gasteiger partial charge < -0.3 is 10.3 Å². The summed E-state index contributed by atoms with van der Waals surface area (Å²) < 4.78 is 19.1. The summed E-state index contributed by atoms with van der Waals surface area (Å²) >= 11 is 0. The molecule has 2 aromatic rings. The largest absolute Gasteiger partial charge is 0.367 e. The summed E-state index contributed by atoms with van der Waals surface area (Å²) in [5, 5.41) is 4.12. The molecule has 4 heteroatoms. The van der Waals surface area contributed by atoms with E-state index in [1.54, 1.807) is 18.2 Å². The van der Waals surface area contributed by atoms with Crippen LogP contribution in [0.15, 0.2) is 28.8 Å².